The van der Waals surface area contributed by atoms with Crippen LogP contribution in [0.5, 0.6) is 5.75 Å². The van der Waals surface area contributed by atoms with E-state index in [-0.39, 0.29) is 11.8 Å². The summed E-state index contributed by atoms with van der Waals surface area (Å²) in [6.45, 7) is 0. The molecule has 2 aromatic rings. The standard InChI is InChI=1S/C18H16N2O3/c1-23-11-5-2-4-10(8-11)19-15-9-14-16(18(22)20-17(14)21)13-7-3-6-12(13)15/h2,4-5,8-9,19H,3,6-7H2,1H3,(H,20,21,22). The highest BCUT2D eigenvalue weighted by Crippen LogP contribution is 2.37. The molecule has 0 atom stereocenters. The Labute approximate surface area is 133 Å². The number of benzene rings is 2. The van der Waals surface area contributed by atoms with Gasteiger partial charge in [0, 0.05) is 17.4 Å². The van der Waals surface area contributed by atoms with Gasteiger partial charge in [0.1, 0.15) is 5.75 Å². The number of methoxy groups -OCH3 is 1. The van der Waals surface area contributed by atoms with Crippen LogP contribution in [0.4, 0.5) is 11.4 Å². The molecular weight excluding hydrogens is 292 g/mol. The lowest BCUT2D eigenvalue weighted by molar-refractivity contribution is 0.0879. The van der Waals surface area contributed by atoms with Gasteiger partial charge < -0.3 is 10.1 Å². The third-order valence-corrected chi connectivity index (χ3v) is 4.45. The van der Waals surface area contributed by atoms with E-state index in [1.807, 2.05) is 24.3 Å². The lowest BCUT2D eigenvalue weighted by Crippen LogP contribution is -2.20. The Bertz CT molecular complexity index is 842. The molecule has 1 aliphatic heterocycles. The monoisotopic (exact) mass is 308 g/mol. The van der Waals surface area contributed by atoms with Crippen molar-refractivity contribution < 1.29 is 14.3 Å². The van der Waals surface area contributed by atoms with Crippen molar-refractivity contribution in [1.82, 2.24) is 5.32 Å². The third-order valence-electron chi connectivity index (χ3n) is 4.45. The van der Waals surface area contributed by atoms with E-state index in [1.54, 1.807) is 13.2 Å². The van der Waals surface area contributed by atoms with E-state index in [2.05, 4.69) is 10.6 Å². The van der Waals surface area contributed by atoms with Gasteiger partial charge in [-0.2, -0.15) is 0 Å². The highest BCUT2D eigenvalue weighted by molar-refractivity contribution is 6.23. The number of amides is 2. The molecule has 0 spiro atoms. The van der Waals surface area contributed by atoms with Crippen molar-refractivity contribution >= 4 is 23.2 Å². The van der Waals surface area contributed by atoms with E-state index >= 15 is 0 Å². The number of nitrogens with one attached hydrogen (secondary N) is 2. The van der Waals surface area contributed by atoms with Crippen molar-refractivity contribution in [1.29, 1.82) is 0 Å². The number of carbonyl (C=O) groups excluding carboxylic acids is 2. The summed E-state index contributed by atoms with van der Waals surface area (Å²) >= 11 is 0. The van der Waals surface area contributed by atoms with Gasteiger partial charge in [0.15, 0.2) is 0 Å². The first-order valence-electron chi connectivity index (χ1n) is 7.63. The molecule has 2 aliphatic rings. The van der Waals surface area contributed by atoms with Crippen molar-refractivity contribution in [2.24, 2.45) is 0 Å². The molecule has 2 amide bonds. The van der Waals surface area contributed by atoms with Gasteiger partial charge in [0.2, 0.25) is 0 Å². The Balaban J connectivity index is 1.81. The summed E-state index contributed by atoms with van der Waals surface area (Å²) in [6, 6.07) is 9.43. The quantitative estimate of drug-likeness (QED) is 0.856. The average Bonchev–Trinajstić information content (AvgIpc) is 3.13. The largest absolute Gasteiger partial charge is 0.497 e. The Morgan fingerprint density at radius 3 is 2.74 bits per heavy atom. The molecule has 0 saturated carbocycles. The molecular formula is C18H16N2O3. The summed E-state index contributed by atoms with van der Waals surface area (Å²) in [5, 5.41) is 5.77. The second-order valence-corrected chi connectivity index (χ2v) is 5.80. The zero-order chi connectivity index (χ0) is 16.0. The molecule has 0 bridgehead atoms. The van der Waals surface area contributed by atoms with Crippen LogP contribution in [0, 0.1) is 0 Å². The van der Waals surface area contributed by atoms with E-state index in [0.29, 0.717) is 11.1 Å². The fraction of sp³-hybridized carbons (Fsp3) is 0.222. The summed E-state index contributed by atoms with van der Waals surface area (Å²) in [5.41, 5.74) is 4.98. The van der Waals surface area contributed by atoms with Crippen LogP contribution in [0.25, 0.3) is 0 Å². The molecule has 116 valence electrons. The fourth-order valence-electron chi connectivity index (χ4n) is 3.42. The topological polar surface area (TPSA) is 67.4 Å². The second kappa shape index (κ2) is 5.12. The molecule has 0 fully saturated rings. The van der Waals surface area contributed by atoms with Crippen molar-refractivity contribution in [3.05, 3.63) is 52.6 Å². The van der Waals surface area contributed by atoms with Crippen LogP contribution in [0.15, 0.2) is 30.3 Å². The van der Waals surface area contributed by atoms with Crippen molar-refractivity contribution in [2.45, 2.75) is 19.3 Å². The SMILES string of the molecule is COc1cccc(Nc2cc3c(c4c2CCC4)C(=O)NC3=O)c1. The lowest BCUT2D eigenvalue weighted by Gasteiger charge is -2.14. The lowest BCUT2D eigenvalue weighted by atomic mass is 9.97. The second-order valence-electron chi connectivity index (χ2n) is 5.80. The van der Waals surface area contributed by atoms with Crippen molar-refractivity contribution in [3.63, 3.8) is 0 Å². The minimum Gasteiger partial charge on any atom is -0.497 e. The van der Waals surface area contributed by atoms with E-state index in [4.69, 9.17) is 4.74 Å². The Morgan fingerprint density at radius 1 is 1.09 bits per heavy atom. The summed E-state index contributed by atoms with van der Waals surface area (Å²) in [7, 11) is 1.63. The Kier molecular flexibility index (Phi) is 3.08. The number of imide groups is 1. The van der Waals surface area contributed by atoms with Crippen molar-refractivity contribution in [3.8, 4) is 5.75 Å². The molecule has 4 rings (SSSR count). The summed E-state index contributed by atoms with van der Waals surface area (Å²) < 4.78 is 5.24. The van der Waals surface area contributed by atoms with Gasteiger partial charge in [-0.15, -0.1) is 0 Å². The van der Waals surface area contributed by atoms with E-state index < -0.39 is 0 Å². The molecule has 0 radical (unpaired) electrons. The molecule has 23 heavy (non-hydrogen) atoms. The average molecular weight is 308 g/mol. The van der Waals surface area contributed by atoms with E-state index in [0.717, 1.165) is 47.5 Å². The first-order chi connectivity index (χ1) is 11.2. The van der Waals surface area contributed by atoms with Crippen LogP contribution in [-0.4, -0.2) is 18.9 Å². The third kappa shape index (κ3) is 2.16. The normalized spacial score (nSPS) is 15.2. The van der Waals surface area contributed by atoms with Crippen LogP contribution in [0.2, 0.25) is 0 Å². The smallest absolute Gasteiger partial charge is 0.259 e. The number of ether oxygens (including phenoxy) is 1. The maximum absolute atomic E-state index is 12.0. The predicted molar refractivity (Wildman–Crippen MR) is 86.5 cm³/mol. The van der Waals surface area contributed by atoms with Gasteiger partial charge in [-0.1, -0.05) is 6.07 Å². The minimum absolute atomic E-state index is 0.268. The molecule has 2 aromatic carbocycles. The number of carbonyl (C=O) groups is 2. The summed E-state index contributed by atoms with van der Waals surface area (Å²) in [4.78, 5) is 24.0. The number of fused-ring (bicyclic) bond motifs is 3. The van der Waals surface area contributed by atoms with Crippen LogP contribution < -0.4 is 15.4 Å². The molecule has 5 nitrogen and oxygen atoms in total. The number of hydrogen-bond acceptors (Lipinski definition) is 4. The molecule has 0 aromatic heterocycles. The first-order valence-corrected chi connectivity index (χ1v) is 7.63. The number of hydrogen-bond donors (Lipinski definition) is 2. The van der Waals surface area contributed by atoms with Crippen molar-refractivity contribution in [2.75, 3.05) is 12.4 Å². The molecule has 5 heteroatoms. The van der Waals surface area contributed by atoms with Crippen LogP contribution in [0.1, 0.15) is 38.3 Å². The Morgan fingerprint density at radius 2 is 1.91 bits per heavy atom. The van der Waals surface area contributed by atoms with Gasteiger partial charge in [-0.3, -0.25) is 14.9 Å². The van der Waals surface area contributed by atoms with Crippen LogP contribution in [-0.2, 0) is 12.8 Å². The zero-order valence-corrected chi connectivity index (χ0v) is 12.7. The summed E-state index contributed by atoms with van der Waals surface area (Å²) in [6.07, 6.45) is 2.75. The van der Waals surface area contributed by atoms with E-state index in [1.165, 1.54) is 0 Å². The minimum atomic E-state index is -0.312. The van der Waals surface area contributed by atoms with Gasteiger partial charge in [0.25, 0.3) is 11.8 Å². The van der Waals surface area contributed by atoms with E-state index in [9.17, 15) is 9.59 Å². The molecule has 2 N–H and O–H groups in total. The molecule has 1 aliphatic carbocycles. The molecule has 0 unspecified atom stereocenters. The van der Waals surface area contributed by atoms with Crippen LogP contribution >= 0.6 is 0 Å². The van der Waals surface area contributed by atoms with Gasteiger partial charge in [-0.25, -0.2) is 0 Å². The molecule has 0 saturated heterocycles. The number of rotatable bonds is 3. The zero-order valence-electron chi connectivity index (χ0n) is 12.7. The molecule has 1 heterocycles. The maximum atomic E-state index is 12.0. The highest BCUT2D eigenvalue weighted by atomic mass is 16.5. The predicted octanol–water partition coefficient (Wildman–Crippen LogP) is 2.81. The number of anilines is 2. The summed E-state index contributed by atoms with van der Waals surface area (Å²) in [5.74, 6) is 0.185. The van der Waals surface area contributed by atoms with Crippen LogP contribution in [0.3, 0.4) is 0 Å². The Hall–Kier alpha value is -2.82. The first kappa shape index (κ1) is 13.8. The fourth-order valence-corrected chi connectivity index (χ4v) is 3.42. The van der Waals surface area contributed by atoms with Gasteiger partial charge in [0.05, 0.1) is 18.2 Å². The highest BCUT2D eigenvalue weighted by Gasteiger charge is 2.33. The van der Waals surface area contributed by atoms with Gasteiger partial charge in [-0.05, 0) is 48.6 Å². The van der Waals surface area contributed by atoms with Gasteiger partial charge >= 0.3 is 0 Å². The maximum Gasteiger partial charge on any atom is 0.259 e.